The van der Waals surface area contributed by atoms with Crippen LogP contribution >= 0.6 is 24.0 Å². The lowest BCUT2D eigenvalue weighted by Gasteiger charge is -2.16. The van der Waals surface area contributed by atoms with Crippen LogP contribution in [0.1, 0.15) is 32.6 Å². The minimum Gasteiger partial charge on any atom is -0.382 e. The van der Waals surface area contributed by atoms with Crippen molar-refractivity contribution >= 4 is 29.9 Å². The molecule has 0 spiro atoms. The Hall–Kier alpha value is -0.340. The van der Waals surface area contributed by atoms with Crippen molar-refractivity contribution in [3.05, 3.63) is 12.2 Å². The molecule has 124 valence electrons. The number of nitrogens with zero attached hydrogens (tertiary/aromatic N) is 1. The van der Waals surface area contributed by atoms with Gasteiger partial charge in [0.25, 0.3) is 0 Å². The van der Waals surface area contributed by atoms with Crippen LogP contribution in [0.5, 0.6) is 0 Å². The number of hydrogen-bond donors (Lipinski definition) is 2. The van der Waals surface area contributed by atoms with Gasteiger partial charge >= 0.3 is 0 Å². The maximum absolute atomic E-state index is 5.42. The van der Waals surface area contributed by atoms with Crippen LogP contribution < -0.4 is 10.6 Å². The Kier molecular flexibility index (Phi) is 14.4. The Morgan fingerprint density at radius 1 is 1.19 bits per heavy atom. The molecule has 0 fully saturated rings. The van der Waals surface area contributed by atoms with Gasteiger partial charge in [-0.05, 0) is 32.6 Å². The second-order valence-corrected chi connectivity index (χ2v) is 4.86. The maximum Gasteiger partial charge on any atom is 0.191 e. The molecule has 0 radical (unpaired) electrons. The van der Waals surface area contributed by atoms with Crippen molar-refractivity contribution in [3.8, 4) is 0 Å². The van der Waals surface area contributed by atoms with Gasteiger partial charge in [0.2, 0.25) is 0 Å². The van der Waals surface area contributed by atoms with E-state index in [9.17, 15) is 0 Å². The highest BCUT2D eigenvalue weighted by molar-refractivity contribution is 14.0. The topological polar surface area (TPSA) is 54.9 Å². The highest BCUT2D eigenvalue weighted by atomic mass is 127. The summed E-state index contributed by atoms with van der Waals surface area (Å²) in [6, 6.07) is 0.505. The molecule has 6 heteroatoms. The number of rotatable bonds is 10. The van der Waals surface area contributed by atoms with Crippen molar-refractivity contribution in [2.75, 3.05) is 40.0 Å². The highest BCUT2D eigenvalue weighted by Gasteiger charge is 2.10. The molecule has 2 N–H and O–H groups in total. The normalized spacial score (nSPS) is 15.0. The summed E-state index contributed by atoms with van der Waals surface area (Å²) in [6.45, 7) is 5.96. The van der Waals surface area contributed by atoms with E-state index in [1.54, 1.807) is 7.11 Å². The fraction of sp³-hybridized carbons (Fsp3) is 0.800. The smallest absolute Gasteiger partial charge is 0.191 e. The van der Waals surface area contributed by atoms with Crippen LogP contribution in [0.4, 0.5) is 0 Å². The molecule has 0 saturated carbocycles. The third kappa shape index (κ3) is 11.0. The van der Waals surface area contributed by atoms with Gasteiger partial charge in [0.1, 0.15) is 0 Å². The maximum atomic E-state index is 5.42. The van der Waals surface area contributed by atoms with E-state index >= 15 is 0 Å². The van der Waals surface area contributed by atoms with Gasteiger partial charge in [0, 0.05) is 32.8 Å². The number of methoxy groups -OCH3 is 1. The number of unbranched alkanes of at least 4 members (excludes halogenated alkanes) is 1. The lowest BCUT2D eigenvalue weighted by molar-refractivity contribution is 0.0690. The molecule has 1 aliphatic rings. The first-order valence-electron chi connectivity index (χ1n) is 7.63. The van der Waals surface area contributed by atoms with Crippen molar-refractivity contribution in [2.24, 2.45) is 4.99 Å². The van der Waals surface area contributed by atoms with E-state index in [0.29, 0.717) is 19.3 Å². The quantitative estimate of drug-likeness (QED) is 0.191. The Labute approximate surface area is 146 Å². The Bertz CT molecular complexity index is 291. The molecule has 0 bridgehead atoms. The Morgan fingerprint density at radius 3 is 2.62 bits per heavy atom. The number of guanidine groups is 1. The zero-order valence-electron chi connectivity index (χ0n) is 13.3. The van der Waals surface area contributed by atoms with Gasteiger partial charge in [-0.25, -0.2) is 0 Å². The van der Waals surface area contributed by atoms with Gasteiger partial charge in [0.15, 0.2) is 5.96 Å². The second-order valence-electron chi connectivity index (χ2n) is 4.86. The molecular weight excluding hydrogens is 381 g/mol. The van der Waals surface area contributed by atoms with Crippen LogP contribution in [0.15, 0.2) is 17.1 Å². The second kappa shape index (κ2) is 14.6. The average molecular weight is 411 g/mol. The number of aliphatic imine (C=N–C) groups is 1. The SMILES string of the molecule is CCNC(=NCCCCOCCOC)NC1CC=CC1.I. The predicted molar refractivity (Wildman–Crippen MR) is 98.6 cm³/mol. The molecule has 0 aromatic rings. The zero-order chi connectivity index (χ0) is 14.5. The van der Waals surface area contributed by atoms with Crippen LogP contribution in [0.2, 0.25) is 0 Å². The molecule has 1 rings (SSSR count). The molecule has 21 heavy (non-hydrogen) atoms. The minimum atomic E-state index is 0. The lowest BCUT2D eigenvalue weighted by atomic mass is 10.2. The summed E-state index contributed by atoms with van der Waals surface area (Å²) >= 11 is 0. The van der Waals surface area contributed by atoms with E-state index in [-0.39, 0.29) is 24.0 Å². The van der Waals surface area contributed by atoms with Gasteiger partial charge < -0.3 is 20.1 Å². The lowest BCUT2D eigenvalue weighted by Crippen LogP contribution is -2.42. The molecule has 5 nitrogen and oxygen atoms in total. The van der Waals surface area contributed by atoms with E-state index < -0.39 is 0 Å². The first-order valence-corrected chi connectivity index (χ1v) is 7.63. The minimum absolute atomic E-state index is 0. The summed E-state index contributed by atoms with van der Waals surface area (Å²) in [4.78, 5) is 4.60. The largest absolute Gasteiger partial charge is 0.382 e. The van der Waals surface area contributed by atoms with Crippen molar-refractivity contribution in [1.29, 1.82) is 0 Å². The molecule has 0 unspecified atom stereocenters. The first-order chi connectivity index (χ1) is 9.86. The zero-order valence-corrected chi connectivity index (χ0v) is 15.6. The van der Waals surface area contributed by atoms with Crippen LogP contribution in [0, 0.1) is 0 Å². The standard InChI is InChI=1S/C15H29N3O2.HI/c1-3-16-15(18-14-8-4-5-9-14)17-10-6-7-11-20-13-12-19-2;/h4-5,14H,3,6-13H2,1-2H3,(H2,16,17,18);1H. The van der Waals surface area contributed by atoms with Crippen molar-refractivity contribution in [3.63, 3.8) is 0 Å². The van der Waals surface area contributed by atoms with Crippen molar-refractivity contribution in [2.45, 2.75) is 38.6 Å². The number of halogens is 1. The molecule has 0 aromatic carbocycles. The highest BCUT2D eigenvalue weighted by Crippen LogP contribution is 2.08. The third-order valence-electron chi connectivity index (χ3n) is 3.09. The molecule has 0 atom stereocenters. The van der Waals surface area contributed by atoms with Crippen LogP contribution in [0.25, 0.3) is 0 Å². The Morgan fingerprint density at radius 2 is 1.95 bits per heavy atom. The number of ether oxygens (including phenoxy) is 2. The summed E-state index contributed by atoms with van der Waals surface area (Å²) in [5.74, 6) is 0.932. The number of hydrogen-bond acceptors (Lipinski definition) is 3. The predicted octanol–water partition coefficient (Wildman–Crippen LogP) is 2.32. The average Bonchev–Trinajstić information content (AvgIpc) is 2.95. The summed E-state index contributed by atoms with van der Waals surface area (Å²) in [5.41, 5.74) is 0. The van der Waals surface area contributed by atoms with Gasteiger partial charge in [-0.15, -0.1) is 24.0 Å². The van der Waals surface area contributed by atoms with Crippen molar-refractivity contribution in [1.82, 2.24) is 10.6 Å². The first kappa shape index (κ1) is 20.7. The molecule has 0 amide bonds. The van der Waals surface area contributed by atoms with Crippen molar-refractivity contribution < 1.29 is 9.47 Å². The molecular formula is C15H30IN3O2. The summed E-state index contributed by atoms with van der Waals surface area (Å²) in [6.07, 6.45) is 8.72. The summed E-state index contributed by atoms with van der Waals surface area (Å²) in [7, 11) is 1.69. The van der Waals surface area contributed by atoms with Crippen LogP contribution in [-0.2, 0) is 9.47 Å². The molecule has 0 saturated heterocycles. The van der Waals surface area contributed by atoms with Gasteiger partial charge in [-0.2, -0.15) is 0 Å². The molecule has 0 aliphatic heterocycles. The summed E-state index contributed by atoms with van der Waals surface area (Å²) in [5, 5.41) is 6.76. The van der Waals surface area contributed by atoms with Crippen LogP contribution in [0.3, 0.4) is 0 Å². The molecule has 0 heterocycles. The van der Waals surface area contributed by atoms with E-state index in [0.717, 1.165) is 51.3 Å². The fourth-order valence-corrected chi connectivity index (χ4v) is 2.00. The van der Waals surface area contributed by atoms with Crippen LogP contribution in [-0.4, -0.2) is 52.0 Å². The fourth-order valence-electron chi connectivity index (χ4n) is 2.00. The summed E-state index contributed by atoms with van der Waals surface area (Å²) < 4.78 is 10.3. The van der Waals surface area contributed by atoms with Gasteiger partial charge in [0.05, 0.1) is 13.2 Å². The van der Waals surface area contributed by atoms with E-state index in [1.807, 2.05) is 0 Å². The molecule has 0 aromatic heterocycles. The van der Waals surface area contributed by atoms with E-state index in [2.05, 4.69) is 34.7 Å². The third-order valence-corrected chi connectivity index (χ3v) is 3.09. The molecule has 1 aliphatic carbocycles. The van der Waals surface area contributed by atoms with Gasteiger partial charge in [-0.1, -0.05) is 12.2 Å². The van der Waals surface area contributed by atoms with E-state index in [4.69, 9.17) is 9.47 Å². The Balaban J connectivity index is 0.00000400. The van der Waals surface area contributed by atoms with E-state index in [1.165, 1.54) is 0 Å². The van der Waals surface area contributed by atoms with Gasteiger partial charge in [-0.3, -0.25) is 4.99 Å². The monoisotopic (exact) mass is 411 g/mol. The number of nitrogens with one attached hydrogen (secondary N) is 2.